The van der Waals surface area contributed by atoms with Crippen LogP contribution in [0, 0.1) is 5.92 Å². The second-order valence-electron chi connectivity index (χ2n) is 6.52. The van der Waals surface area contributed by atoms with Crippen LogP contribution in [0.5, 0.6) is 11.5 Å². The Kier molecular flexibility index (Phi) is 7.35. The molecule has 3 rings (SSSR count). The fourth-order valence-corrected chi connectivity index (χ4v) is 3.34. The van der Waals surface area contributed by atoms with E-state index in [2.05, 4.69) is 12.2 Å². The third-order valence-electron chi connectivity index (χ3n) is 4.66. The topological polar surface area (TPSA) is 60.0 Å². The Morgan fingerprint density at radius 1 is 1.36 bits per heavy atom. The molecule has 140 valence electrons. The van der Waals surface area contributed by atoms with Crippen molar-refractivity contribution in [3.63, 3.8) is 0 Å². The predicted octanol–water partition coefficient (Wildman–Crippen LogP) is 2.20. The van der Waals surface area contributed by atoms with E-state index in [-0.39, 0.29) is 31.0 Å². The molecule has 2 aliphatic heterocycles. The van der Waals surface area contributed by atoms with Crippen molar-refractivity contribution < 1.29 is 19.0 Å². The lowest BCUT2D eigenvalue weighted by Gasteiger charge is -2.32. The van der Waals surface area contributed by atoms with E-state index in [0.717, 1.165) is 36.4 Å². The van der Waals surface area contributed by atoms with Crippen LogP contribution in [0.1, 0.15) is 25.3 Å². The van der Waals surface area contributed by atoms with Crippen molar-refractivity contribution in [3.8, 4) is 11.5 Å². The highest BCUT2D eigenvalue weighted by Gasteiger charge is 2.28. The summed E-state index contributed by atoms with van der Waals surface area (Å²) >= 11 is 0. The molecule has 25 heavy (non-hydrogen) atoms. The molecule has 1 aromatic carbocycles. The van der Waals surface area contributed by atoms with Crippen LogP contribution < -0.4 is 14.8 Å². The quantitative estimate of drug-likeness (QED) is 0.831. The molecule has 0 saturated carbocycles. The Bertz CT molecular complexity index is 584. The van der Waals surface area contributed by atoms with Crippen molar-refractivity contribution >= 4 is 18.3 Å². The van der Waals surface area contributed by atoms with Crippen molar-refractivity contribution in [2.45, 2.75) is 32.4 Å². The van der Waals surface area contributed by atoms with Gasteiger partial charge in [0.1, 0.15) is 0 Å². The number of carbonyl (C=O) groups is 1. The number of benzene rings is 1. The third-order valence-corrected chi connectivity index (χ3v) is 4.66. The van der Waals surface area contributed by atoms with E-state index in [0.29, 0.717) is 25.7 Å². The first-order valence-corrected chi connectivity index (χ1v) is 8.57. The molecule has 0 aliphatic carbocycles. The van der Waals surface area contributed by atoms with E-state index in [4.69, 9.17) is 14.2 Å². The van der Waals surface area contributed by atoms with Crippen LogP contribution in [0.3, 0.4) is 0 Å². The Balaban J connectivity index is 0.00000225. The van der Waals surface area contributed by atoms with Gasteiger partial charge in [0.05, 0.1) is 6.61 Å². The van der Waals surface area contributed by atoms with Gasteiger partial charge in [0.2, 0.25) is 12.7 Å². The van der Waals surface area contributed by atoms with E-state index in [9.17, 15) is 4.79 Å². The summed E-state index contributed by atoms with van der Waals surface area (Å²) in [6.45, 7) is 5.00. The summed E-state index contributed by atoms with van der Waals surface area (Å²) < 4.78 is 16.0. The zero-order valence-corrected chi connectivity index (χ0v) is 15.6. The van der Waals surface area contributed by atoms with Crippen LogP contribution in [0.4, 0.5) is 0 Å². The molecule has 0 aromatic heterocycles. The number of ether oxygens (including phenoxy) is 3. The molecule has 1 N–H and O–H groups in total. The second kappa shape index (κ2) is 9.27. The highest BCUT2D eigenvalue weighted by atomic mass is 35.5. The molecule has 2 aliphatic rings. The number of hydrogen-bond donors (Lipinski definition) is 1. The Morgan fingerprint density at radius 2 is 2.16 bits per heavy atom. The van der Waals surface area contributed by atoms with Gasteiger partial charge in [-0.3, -0.25) is 4.79 Å². The van der Waals surface area contributed by atoms with E-state index < -0.39 is 0 Å². The van der Waals surface area contributed by atoms with E-state index in [1.54, 1.807) is 7.11 Å². The monoisotopic (exact) mass is 370 g/mol. The molecule has 1 fully saturated rings. The number of carbonyl (C=O) groups excluding carboxylic acids is 1. The predicted molar refractivity (Wildman–Crippen MR) is 97.3 cm³/mol. The molecule has 0 spiro atoms. The molecule has 1 saturated heterocycles. The number of piperidine rings is 1. The summed E-state index contributed by atoms with van der Waals surface area (Å²) in [4.78, 5) is 14.9. The van der Waals surface area contributed by atoms with Crippen molar-refractivity contribution in [2.75, 3.05) is 33.6 Å². The van der Waals surface area contributed by atoms with Crippen molar-refractivity contribution in [1.29, 1.82) is 0 Å². The highest BCUT2D eigenvalue weighted by Crippen LogP contribution is 2.33. The standard InChI is InChI=1S/C18H26N2O4.ClH/c1-13-9-15(5-6-19-13)18(21)20(7-8-22-2)11-14-3-4-16-17(10-14)24-12-23-16;/h3-4,10,13,15,19H,5-9,11-12H2,1-2H3;1H/t13-,15-;/m0./s1. The second-order valence-corrected chi connectivity index (χ2v) is 6.52. The fourth-order valence-electron chi connectivity index (χ4n) is 3.34. The lowest BCUT2D eigenvalue weighted by atomic mass is 9.92. The molecular formula is C18H27ClN2O4. The van der Waals surface area contributed by atoms with Crippen LogP contribution >= 0.6 is 12.4 Å². The smallest absolute Gasteiger partial charge is 0.231 e. The van der Waals surface area contributed by atoms with Gasteiger partial charge < -0.3 is 24.4 Å². The van der Waals surface area contributed by atoms with Crippen LogP contribution in [0.2, 0.25) is 0 Å². The van der Waals surface area contributed by atoms with Crippen LogP contribution in [0.15, 0.2) is 18.2 Å². The maximum Gasteiger partial charge on any atom is 0.231 e. The Hall–Kier alpha value is -1.50. The largest absolute Gasteiger partial charge is 0.454 e. The molecule has 1 amide bonds. The molecular weight excluding hydrogens is 344 g/mol. The summed E-state index contributed by atoms with van der Waals surface area (Å²) in [6.07, 6.45) is 1.79. The van der Waals surface area contributed by atoms with Gasteiger partial charge in [-0.1, -0.05) is 6.07 Å². The van der Waals surface area contributed by atoms with Gasteiger partial charge in [0.25, 0.3) is 0 Å². The van der Waals surface area contributed by atoms with E-state index in [1.807, 2.05) is 23.1 Å². The minimum Gasteiger partial charge on any atom is -0.454 e. The Morgan fingerprint density at radius 3 is 2.92 bits per heavy atom. The summed E-state index contributed by atoms with van der Waals surface area (Å²) in [5, 5.41) is 3.40. The van der Waals surface area contributed by atoms with Gasteiger partial charge >= 0.3 is 0 Å². The molecule has 0 radical (unpaired) electrons. The first-order chi connectivity index (χ1) is 11.7. The average molecular weight is 371 g/mol. The maximum atomic E-state index is 13.0. The number of nitrogens with one attached hydrogen (secondary N) is 1. The maximum absolute atomic E-state index is 13.0. The number of rotatable bonds is 6. The summed E-state index contributed by atoms with van der Waals surface area (Å²) in [6, 6.07) is 6.25. The first-order valence-electron chi connectivity index (χ1n) is 8.57. The molecule has 0 bridgehead atoms. The zero-order valence-electron chi connectivity index (χ0n) is 14.8. The highest BCUT2D eigenvalue weighted by molar-refractivity contribution is 5.85. The lowest BCUT2D eigenvalue weighted by Crippen LogP contribution is -2.44. The summed E-state index contributed by atoms with van der Waals surface area (Å²) in [5.41, 5.74) is 1.05. The minimum absolute atomic E-state index is 0. The molecule has 1 aromatic rings. The van der Waals surface area contributed by atoms with Crippen molar-refractivity contribution in [1.82, 2.24) is 10.2 Å². The lowest BCUT2D eigenvalue weighted by molar-refractivity contribution is -0.138. The van der Waals surface area contributed by atoms with E-state index >= 15 is 0 Å². The molecule has 2 heterocycles. The van der Waals surface area contributed by atoms with E-state index in [1.165, 1.54) is 0 Å². The summed E-state index contributed by atoms with van der Waals surface area (Å²) in [5.74, 6) is 1.83. The number of fused-ring (bicyclic) bond motifs is 1. The van der Waals surface area contributed by atoms with Gasteiger partial charge in [-0.25, -0.2) is 0 Å². The Labute approximate surface area is 155 Å². The summed E-state index contributed by atoms with van der Waals surface area (Å²) in [7, 11) is 1.66. The van der Waals surface area contributed by atoms with Crippen LogP contribution in [-0.2, 0) is 16.1 Å². The third kappa shape index (κ3) is 5.00. The number of hydrogen-bond acceptors (Lipinski definition) is 5. The number of nitrogens with zero attached hydrogens (tertiary/aromatic N) is 1. The SMILES string of the molecule is COCCN(Cc1ccc2c(c1)OCO2)C(=O)[C@H]1CCN[C@@H](C)C1.Cl. The molecule has 2 atom stereocenters. The van der Waals surface area contributed by atoms with Gasteiger partial charge in [0, 0.05) is 32.2 Å². The van der Waals surface area contributed by atoms with Gasteiger partial charge in [0.15, 0.2) is 11.5 Å². The fraction of sp³-hybridized carbons (Fsp3) is 0.611. The molecule has 0 unspecified atom stereocenters. The minimum atomic E-state index is 0. The number of halogens is 1. The van der Waals surface area contributed by atoms with Gasteiger partial charge in [-0.05, 0) is 44.0 Å². The van der Waals surface area contributed by atoms with Crippen molar-refractivity contribution in [3.05, 3.63) is 23.8 Å². The van der Waals surface area contributed by atoms with Crippen LogP contribution in [-0.4, -0.2) is 50.4 Å². The molecule has 6 nitrogen and oxygen atoms in total. The normalized spacial score (nSPS) is 21.5. The van der Waals surface area contributed by atoms with Gasteiger partial charge in [-0.15, -0.1) is 12.4 Å². The van der Waals surface area contributed by atoms with Gasteiger partial charge in [-0.2, -0.15) is 0 Å². The first kappa shape index (κ1) is 19.8. The van der Waals surface area contributed by atoms with Crippen molar-refractivity contribution in [2.24, 2.45) is 5.92 Å². The number of methoxy groups -OCH3 is 1. The van der Waals surface area contributed by atoms with Crippen LogP contribution in [0.25, 0.3) is 0 Å². The zero-order chi connectivity index (χ0) is 16.9. The molecule has 7 heteroatoms. The number of amides is 1. The average Bonchev–Trinajstić information content (AvgIpc) is 3.05.